The molecule has 1 aliphatic carbocycles. The number of anilines is 1. The zero-order chi connectivity index (χ0) is 20.2. The van der Waals surface area contributed by atoms with E-state index in [4.69, 9.17) is 14.5 Å². The number of guanidine groups is 1. The molecule has 0 bridgehead atoms. The summed E-state index contributed by atoms with van der Waals surface area (Å²) >= 11 is 0. The molecule has 1 saturated carbocycles. The van der Waals surface area contributed by atoms with Gasteiger partial charge in [-0.2, -0.15) is 0 Å². The number of nitrogens with one attached hydrogen (secondary N) is 2. The van der Waals surface area contributed by atoms with Crippen molar-refractivity contribution in [1.29, 1.82) is 0 Å². The standard InChI is InChI=1S/C23H38N4O2/c1-2-24-23(25-13-6-16-29-22-7-4-3-5-8-22)26-19-20-9-11-21(12-10-20)27-14-17-28-18-15-27/h9-12,22H,2-8,13-19H2,1H3,(H2,24,25,26). The number of ether oxygens (including phenoxy) is 2. The van der Waals surface area contributed by atoms with Gasteiger partial charge in [-0.1, -0.05) is 31.4 Å². The Hall–Kier alpha value is -1.79. The van der Waals surface area contributed by atoms with Crippen LogP contribution in [0.4, 0.5) is 5.69 Å². The topological polar surface area (TPSA) is 58.1 Å². The summed E-state index contributed by atoms with van der Waals surface area (Å²) in [4.78, 5) is 7.11. The van der Waals surface area contributed by atoms with Gasteiger partial charge in [-0.15, -0.1) is 0 Å². The molecule has 0 unspecified atom stereocenters. The van der Waals surface area contributed by atoms with Gasteiger partial charge in [0.1, 0.15) is 0 Å². The minimum absolute atomic E-state index is 0.492. The van der Waals surface area contributed by atoms with Crippen LogP contribution in [0.5, 0.6) is 0 Å². The van der Waals surface area contributed by atoms with Crippen molar-refractivity contribution < 1.29 is 9.47 Å². The lowest BCUT2D eigenvalue weighted by atomic mass is 9.98. The number of rotatable bonds is 9. The maximum absolute atomic E-state index is 6.00. The van der Waals surface area contributed by atoms with Crippen LogP contribution >= 0.6 is 0 Å². The molecule has 0 amide bonds. The minimum Gasteiger partial charge on any atom is -0.378 e. The van der Waals surface area contributed by atoms with E-state index in [-0.39, 0.29) is 0 Å². The molecule has 1 aromatic rings. The summed E-state index contributed by atoms with van der Waals surface area (Å²) < 4.78 is 11.4. The fourth-order valence-electron chi connectivity index (χ4n) is 3.91. The molecular weight excluding hydrogens is 364 g/mol. The van der Waals surface area contributed by atoms with Crippen molar-refractivity contribution in [2.75, 3.05) is 50.9 Å². The van der Waals surface area contributed by atoms with Crippen molar-refractivity contribution in [1.82, 2.24) is 10.6 Å². The molecule has 0 aromatic heterocycles. The Kier molecular flexibility index (Phi) is 9.60. The minimum atomic E-state index is 0.492. The molecule has 29 heavy (non-hydrogen) atoms. The predicted molar refractivity (Wildman–Crippen MR) is 120 cm³/mol. The highest BCUT2D eigenvalue weighted by Gasteiger charge is 2.13. The van der Waals surface area contributed by atoms with Gasteiger partial charge in [-0.25, -0.2) is 4.99 Å². The quantitative estimate of drug-likeness (QED) is 0.377. The molecule has 0 atom stereocenters. The fourth-order valence-corrected chi connectivity index (χ4v) is 3.91. The second-order valence-electron chi connectivity index (χ2n) is 7.87. The van der Waals surface area contributed by atoms with Crippen LogP contribution < -0.4 is 15.5 Å². The summed E-state index contributed by atoms with van der Waals surface area (Å²) in [5.41, 5.74) is 2.49. The Morgan fingerprint density at radius 1 is 1.10 bits per heavy atom. The molecule has 2 fully saturated rings. The molecule has 0 spiro atoms. The number of morpholine rings is 1. The first-order valence-electron chi connectivity index (χ1n) is 11.4. The van der Waals surface area contributed by atoms with Crippen molar-refractivity contribution in [2.45, 2.75) is 58.1 Å². The Labute approximate surface area is 176 Å². The van der Waals surface area contributed by atoms with Gasteiger partial charge in [0.2, 0.25) is 0 Å². The van der Waals surface area contributed by atoms with E-state index in [0.29, 0.717) is 12.6 Å². The molecule has 2 aliphatic rings. The van der Waals surface area contributed by atoms with Crippen molar-refractivity contribution in [3.8, 4) is 0 Å². The van der Waals surface area contributed by atoms with Crippen LogP contribution in [0.15, 0.2) is 29.3 Å². The summed E-state index contributed by atoms with van der Waals surface area (Å²) in [6, 6.07) is 8.74. The van der Waals surface area contributed by atoms with Crippen LogP contribution in [0.1, 0.15) is 51.0 Å². The fraction of sp³-hybridized carbons (Fsp3) is 0.696. The number of nitrogens with zero attached hydrogens (tertiary/aromatic N) is 2. The first-order chi connectivity index (χ1) is 14.3. The van der Waals surface area contributed by atoms with Gasteiger partial charge in [0, 0.05) is 38.5 Å². The smallest absolute Gasteiger partial charge is 0.191 e. The van der Waals surface area contributed by atoms with E-state index in [2.05, 4.69) is 46.7 Å². The largest absolute Gasteiger partial charge is 0.378 e. The van der Waals surface area contributed by atoms with Gasteiger partial charge in [0.15, 0.2) is 5.96 Å². The molecule has 3 rings (SSSR count). The molecule has 162 valence electrons. The molecule has 0 radical (unpaired) electrons. The zero-order valence-electron chi connectivity index (χ0n) is 18.0. The SMILES string of the molecule is CCNC(=NCc1ccc(N2CCOCC2)cc1)NCCCOC1CCCCC1. The van der Waals surface area contributed by atoms with Gasteiger partial charge in [-0.3, -0.25) is 0 Å². The first kappa shape index (κ1) is 21.9. The number of benzene rings is 1. The monoisotopic (exact) mass is 402 g/mol. The third-order valence-electron chi connectivity index (χ3n) is 5.60. The van der Waals surface area contributed by atoms with Crippen molar-refractivity contribution >= 4 is 11.6 Å². The molecule has 1 heterocycles. The van der Waals surface area contributed by atoms with Crippen LogP contribution in [0.2, 0.25) is 0 Å². The first-order valence-corrected chi connectivity index (χ1v) is 11.4. The Balaban J connectivity index is 1.38. The molecule has 1 aliphatic heterocycles. The van der Waals surface area contributed by atoms with Crippen molar-refractivity contribution in [3.05, 3.63) is 29.8 Å². The van der Waals surface area contributed by atoms with Gasteiger partial charge < -0.3 is 25.0 Å². The molecule has 1 aromatic carbocycles. The molecule has 6 nitrogen and oxygen atoms in total. The van der Waals surface area contributed by atoms with Crippen LogP contribution in [0.3, 0.4) is 0 Å². The summed E-state index contributed by atoms with van der Waals surface area (Å²) in [6.45, 7) is 8.92. The molecule has 6 heteroatoms. The van der Waals surface area contributed by atoms with Crippen molar-refractivity contribution in [2.24, 2.45) is 4.99 Å². The maximum Gasteiger partial charge on any atom is 0.191 e. The number of aliphatic imine (C=N–C) groups is 1. The third-order valence-corrected chi connectivity index (χ3v) is 5.60. The van der Waals surface area contributed by atoms with E-state index in [1.165, 1.54) is 43.4 Å². The molecule has 1 saturated heterocycles. The van der Waals surface area contributed by atoms with E-state index in [9.17, 15) is 0 Å². The van der Waals surface area contributed by atoms with Gasteiger partial charge in [0.05, 0.1) is 25.9 Å². The van der Waals surface area contributed by atoms with E-state index < -0.39 is 0 Å². The van der Waals surface area contributed by atoms with E-state index in [1.54, 1.807) is 0 Å². The number of hydrogen-bond acceptors (Lipinski definition) is 4. The zero-order valence-corrected chi connectivity index (χ0v) is 18.0. The second kappa shape index (κ2) is 12.7. The summed E-state index contributed by atoms with van der Waals surface area (Å²) in [7, 11) is 0. The average Bonchev–Trinajstić information content (AvgIpc) is 2.79. The average molecular weight is 403 g/mol. The van der Waals surface area contributed by atoms with Crippen LogP contribution in [-0.4, -0.2) is 58.1 Å². The number of hydrogen-bond donors (Lipinski definition) is 2. The Bertz CT molecular complexity index is 593. The third kappa shape index (κ3) is 7.86. The van der Waals surface area contributed by atoms with Gasteiger partial charge in [-0.05, 0) is 43.9 Å². The van der Waals surface area contributed by atoms with Gasteiger partial charge >= 0.3 is 0 Å². The summed E-state index contributed by atoms with van der Waals surface area (Å²) in [5.74, 6) is 0.877. The van der Waals surface area contributed by atoms with E-state index in [1.807, 2.05) is 0 Å². The lowest BCUT2D eigenvalue weighted by Crippen LogP contribution is -2.38. The highest BCUT2D eigenvalue weighted by molar-refractivity contribution is 5.79. The highest BCUT2D eigenvalue weighted by atomic mass is 16.5. The maximum atomic E-state index is 6.00. The molecular formula is C23H38N4O2. The molecule has 2 N–H and O–H groups in total. The second-order valence-corrected chi connectivity index (χ2v) is 7.87. The summed E-state index contributed by atoms with van der Waals surface area (Å²) in [6.07, 6.45) is 8.01. The summed E-state index contributed by atoms with van der Waals surface area (Å²) in [5, 5.41) is 6.76. The van der Waals surface area contributed by atoms with Crippen LogP contribution in [-0.2, 0) is 16.0 Å². The van der Waals surface area contributed by atoms with E-state index in [0.717, 1.165) is 58.4 Å². The Morgan fingerprint density at radius 2 is 1.86 bits per heavy atom. The normalized spacial score (nSPS) is 18.7. The van der Waals surface area contributed by atoms with Crippen molar-refractivity contribution in [3.63, 3.8) is 0 Å². The highest BCUT2D eigenvalue weighted by Crippen LogP contribution is 2.20. The van der Waals surface area contributed by atoms with Gasteiger partial charge in [0.25, 0.3) is 0 Å². The Morgan fingerprint density at radius 3 is 2.59 bits per heavy atom. The lowest BCUT2D eigenvalue weighted by Gasteiger charge is -2.28. The van der Waals surface area contributed by atoms with Crippen LogP contribution in [0.25, 0.3) is 0 Å². The van der Waals surface area contributed by atoms with Crippen LogP contribution in [0, 0.1) is 0 Å². The van der Waals surface area contributed by atoms with E-state index >= 15 is 0 Å². The lowest BCUT2D eigenvalue weighted by molar-refractivity contribution is 0.0277. The predicted octanol–water partition coefficient (Wildman–Crippen LogP) is 3.32.